The van der Waals surface area contributed by atoms with Gasteiger partial charge in [0.2, 0.25) is 5.91 Å². The molecule has 2 rings (SSSR count). The number of aryl methyl sites for hydroxylation is 1. The van der Waals surface area contributed by atoms with E-state index < -0.39 is 0 Å². The zero-order valence-electron chi connectivity index (χ0n) is 15.1. The Bertz CT molecular complexity index is 710. The molecule has 6 heteroatoms. The maximum absolute atomic E-state index is 12.4. The van der Waals surface area contributed by atoms with Gasteiger partial charge in [-0.1, -0.05) is 36.4 Å². The van der Waals surface area contributed by atoms with Crippen molar-refractivity contribution in [2.24, 2.45) is 0 Å². The van der Waals surface area contributed by atoms with Crippen LogP contribution in [0.15, 0.2) is 48.5 Å². The van der Waals surface area contributed by atoms with Crippen molar-refractivity contribution in [1.29, 1.82) is 0 Å². The van der Waals surface area contributed by atoms with Gasteiger partial charge in [0.25, 0.3) is 5.91 Å². The van der Waals surface area contributed by atoms with E-state index in [2.05, 4.69) is 10.6 Å². The van der Waals surface area contributed by atoms with Gasteiger partial charge in [0.05, 0.1) is 14.2 Å². The van der Waals surface area contributed by atoms with E-state index in [0.29, 0.717) is 43.0 Å². The van der Waals surface area contributed by atoms with E-state index in [4.69, 9.17) is 9.47 Å². The van der Waals surface area contributed by atoms with Gasteiger partial charge in [0.15, 0.2) is 0 Å². The van der Waals surface area contributed by atoms with Crippen LogP contribution < -0.4 is 20.1 Å². The van der Waals surface area contributed by atoms with Crippen LogP contribution >= 0.6 is 0 Å². The summed E-state index contributed by atoms with van der Waals surface area (Å²) in [6.07, 6.45) is 1.11. The lowest BCUT2D eigenvalue weighted by Crippen LogP contribution is -2.35. The Kier molecular flexibility index (Phi) is 7.49. The van der Waals surface area contributed by atoms with Gasteiger partial charge in [-0.15, -0.1) is 0 Å². The Hall–Kier alpha value is -3.02. The highest BCUT2D eigenvalue weighted by Gasteiger charge is 2.17. The molecule has 2 aromatic carbocycles. The van der Waals surface area contributed by atoms with Crippen molar-refractivity contribution in [3.05, 3.63) is 59.7 Å². The fourth-order valence-corrected chi connectivity index (χ4v) is 2.53. The molecule has 0 unspecified atom stereocenters. The van der Waals surface area contributed by atoms with Crippen LogP contribution in [0.5, 0.6) is 11.5 Å². The van der Waals surface area contributed by atoms with Gasteiger partial charge in [0.1, 0.15) is 17.1 Å². The Balaban J connectivity index is 1.76. The normalized spacial score (nSPS) is 10.1. The number of amides is 2. The molecule has 0 heterocycles. The highest BCUT2D eigenvalue weighted by atomic mass is 16.5. The summed E-state index contributed by atoms with van der Waals surface area (Å²) in [5.74, 6) is 0.526. The average molecular weight is 356 g/mol. The van der Waals surface area contributed by atoms with Crippen LogP contribution in [-0.4, -0.2) is 39.1 Å². The molecule has 0 fully saturated rings. The van der Waals surface area contributed by atoms with Crippen LogP contribution in [0, 0.1) is 0 Å². The lowest BCUT2D eigenvalue weighted by atomic mass is 10.1. The average Bonchev–Trinajstić information content (AvgIpc) is 2.69. The first kappa shape index (κ1) is 19.3. The molecule has 2 aromatic rings. The summed E-state index contributed by atoms with van der Waals surface area (Å²) in [7, 11) is 3.00. The second-order valence-corrected chi connectivity index (χ2v) is 5.63. The fourth-order valence-electron chi connectivity index (χ4n) is 2.53. The van der Waals surface area contributed by atoms with Crippen molar-refractivity contribution in [1.82, 2.24) is 10.6 Å². The van der Waals surface area contributed by atoms with Gasteiger partial charge in [-0.25, -0.2) is 0 Å². The molecule has 0 radical (unpaired) electrons. The summed E-state index contributed by atoms with van der Waals surface area (Å²) in [5, 5.41) is 5.56. The van der Waals surface area contributed by atoms with Crippen LogP contribution in [0.4, 0.5) is 0 Å². The topological polar surface area (TPSA) is 76.7 Å². The largest absolute Gasteiger partial charge is 0.496 e. The van der Waals surface area contributed by atoms with Gasteiger partial charge < -0.3 is 20.1 Å². The zero-order chi connectivity index (χ0) is 18.8. The van der Waals surface area contributed by atoms with Crippen molar-refractivity contribution in [2.75, 3.05) is 27.3 Å². The SMILES string of the molecule is COc1cccc(OC)c1C(=O)NCCNC(=O)CCc1ccccc1. The van der Waals surface area contributed by atoms with E-state index in [1.807, 2.05) is 30.3 Å². The summed E-state index contributed by atoms with van der Waals surface area (Å²) in [4.78, 5) is 24.2. The van der Waals surface area contributed by atoms with Crippen LogP contribution in [0.25, 0.3) is 0 Å². The molecule has 0 bridgehead atoms. The van der Waals surface area contributed by atoms with Crippen molar-refractivity contribution in [3.63, 3.8) is 0 Å². The predicted molar refractivity (Wildman–Crippen MR) is 99.7 cm³/mol. The third-order valence-corrected chi connectivity index (χ3v) is 3.87. The van der Waals surface area contributed by atoms with Crippen molar-refractivity contribution in [2.45, 2.75) is 12.8 Å². The lowest BCUT2D eigenvalue weighted by Gasteiger charge is -2.13. The minimum absolute atomic E-state index is 0.0435. The molecule has 0 aromatic heterocycles. The Morgan fingerprint density at radius 3 is 2.08 bits per heavy atom. The van der Waals surface area contributed by atoms with E-state index in [9.17, 15) is 9.59 Å². The van der Waals surface area contributed by atoms with Gasteiger partial charge in [-0.3, -0.25) is 9.59 Å². The van der Waals surface area contributed by atoms with Crippen molar-refractivity contribution in [3.8, 4) is 11.5 Å². The van der Waals surface area contributed by atoms with Crippen LogP contribution in [0.2, 0.25) is 0 Å². The molecule has 26 heavy (non-hydrogen) atoms. The first-order valence-corrected chi connectivity index (χ1v) is 8.45. The van der Waals surface area contributed by atoms with Crippen molar-refractivity contribution < 1.29 is 19.1 Å². The molecule has 6 nitrogen and oxygen atoms in total. The molecule has 0 aliphatic heterocycles. The number of benzene rings is 2. The number of ether oxygens (including phenoxy) is 2. The van der Waals surface area contributed by atoms with Crippen LogP contribution in [0.1, 0.15) is 22.3 Å². The number of hydrogen-bond acceptors (Lipinski definition) is 4. The molecular formula is C20H24N2O4. The Labute approximate surface area is 153 Å². The number of nitrogens with one attached hydrogen (secondary N) is 2. The second kappa shape index (κ2) is 10.1. The number of carbonyl (C=O) groups excluding carboxylic acids is 2. The zero-order valence-corrected chi connectivity index (χ0v) is 15.1. The third-order valence-electron chi connectivity index (χ3n) is 3.87. The quantitative estimate of drug-likeness (QED) is 0.675. The molecule has 0 spiro atoms. The molecule has 2 N–H and O–H groups in total. The highest BCUT2D eigenvalue weighted by molar-refractivity contribution is 5.99. The standard InChI is InChI=1S/C20H24N2O4/c1-25-16-9-6-10-17(26-2)19(16)20(24)22-14-13-21-18(23)12-11-15-7-4-3-5-8-15/h3-10H,11-14H2,1-2H3,(H,21,23)(H,22,24). The number of methoxy groups -OCH3 is 2. The summed E-state index contributed by atoms with van der Waals surface area (Å²) in [6.45, 7) is 0.675. The lowest BCUT2D eigenvalue weighted by molar-refractivity contribution is -0.121. The van der Waals surface area contributed by atoms with E-state index in [1.54, 1.807) is 18.2 Å². The second-order valence-electron chi connectivity index (χ2n) is 5.63. The molecule has 138 valence electrons. The summed E-state index contributed by atoms with van der Waals surface area (Å²) in [6, 6.07) is 15.0. The minimum atomic E-state index is -0.308. The maximum atomic E-state index is 12.4. The minimum Gasteiger partial charge on any atom is -0.496 e. The van der Waals surface area contributed by atoms with Crippen LogP contribution in [-0.2, 0) is 11.2 Å². The molecule has 0 saturated carbocycles. The first-order chi connectivity index (χ1) is 12.7. The van der Waals surface area contributed by atoms with E-state index in [-0.39, 0.29) is 11.8 Å². The van der Waals surface area contributed by atoms with Crippen molar-refractivity contribution >= 4 is 11.8 Å². The van der Waals surface area contributed by atoms with Gasteiger partial charge in [-0.2, -0.15) is 0 Å². The summed E-state index contributed by atoms with van der Waals surface area (Å²) >= 11 is 0. The molecule has 2 amide bonds. The predicted octanol–water partition coefficient (Wildman–Crippen LogP) is 2.18. The van der Waals surface area contributed by atoms with Gasteiger partial charge in [0, 0.05) is 19.5 Å². The third kappa shape index (κ3) is 5.51. The van der Waals surface area contributed by atoms with E-state index >= 15 is 0 Å². The molecule has 0 aliphatic rings. The molecule has 0 atom stereocenters. The summed E-state index contributed by atoms with van der Waals surface area (Å²) in [5.41, 5.74) is 1.46. The van der Waals surface area contributed by atoms with Crippen LogP contribution in [0.3, 0.4) is 0 Å². The Morgan fingerprint density at radius 2 is 1.46 bits per heavy atom. The van der Waals surface area contributed by atoms with E-state index in [1.165, 1.54) is 14.2 Å². The molecule has 0 aliphatic carbocycles. The number of carbonyl (C=O) groups is 2. The highest BCUT2D eigenvalue weighted by Crippen LogP contribution is 2.27. The molecule has 0 saturated heterocycles. The van der Waals surface area contributed by atoms with E-state index in [0.717, 1.165) is 5.56 Å². The Morgan fingerprint density at radius 1 is 0.846 bits per heavy atom. The molecular weight excluding hydrogens is 332 g/mol. The number of rotatable bonds is 9. The number of hydrogen-bond donors (Lipinski definition) is 2. The fraction of sp³-hybridized carbons (Fsp3) is 0.300. The summed E-state index contributed by atoms with van der Waals surface area (Å²) < 4.78 is 10.4. The smallest absolute Gasteiger partial charge is 0.258 e. The van der Waals surface area contributed by atoms with Gasteiger partial charge in [-0.05, 0) is 24.1 Å². The first-order valence-electron chi connectivity index (χ1n) is 8.45. The maximum Gasteiger partial charge on any atom is 0.258 e. The monoisotopic (exact) mass is 356 g/mol. The van der Waals surface area contributed by atoms with Gasteiger partial charge >= 0.3 is 0 Å².